The zero-order valence-electron chi connectivity index (χ0n) is 31.2. The zero-order valence-corrected chi connectivity index (χ0v) is 31.2. The summed E-state index contributed by atoms with van der Waals surface area (Å²) in [6.07, 6.45) is 45.2. The summed E-state index contributed by atoms with van der Waals surface area (Å²) in [6, 6.07) is 0.228. The van der Waals surface area contributed by atoms with Crippen LogP contribution in [0.4, 0.5) is 0 Å². The molecule has 0 spiro atoms. The number of hydrogen-bond acceptors (Lipinski definition) is 2. The summed E-state index contributed by atoms with van der Waals surface area (Å²) in [5, 5.41) is 6.38. The normalized spacial score (nSPS) is 12.6. The van der Waals surface area contributed by atoms with Gasteiger partial charge in [0.2, 0.25) is 11.8 Å². The predicted molar refractivity (Wildman–Crippen MR) is 203 cm³/mol. The molecule has 4 heteroatoms. The van der Waals surface area contributed by atoms with E-state index in [1.807, 2.05) is 0 Å². The van der Waals surface area contributed by atoms with E-state index in [2.05, 4.69) is 74.8 Å². The molecule has 4 nitrogen and oxygen atoms in total. The number of rotatable bonds is 34. The first-order valence-corrected chi connectivity index (χ1v) is 20.0. The van der Waals surface area contributed by atoms with Crippen molar-refractivity contribution in [3.05, 3.63) is 36.5 Å². The molecule has 0 aliphatic rings. The quantitative estimate of drug-likeness (QED) is 0.0542. The molecule has 46 heavy (non-hydrogen) atoms. The first-order valence-electron chi connectivity index (χ1n) is 20.0. The van der Waals surface area contributed by atoms with Crippen LogP contribution in [0.2, 0.25) is 0 Å². The van der Waals surface area contributed by atoms with E-state index in [0.29, 0.717) is 18.8 Å². The van der Waals surface area contributed by atoms with Crippen LogP contribution in [0.3, 0.4) is 0 Å². The highest BCUT2D eigenvalue weighted by Gasteiger charge is 2.15. The van der Waals surface area contributed by atoms with E-state index in [4.69, 9.17) is 0 Å². The molecule has 0 bridgehead atoms. The van der Waals surface area contributed by atoms with Crippen molar-refractivity contribution in [2.24, 2.45) is 5.92 Å². The molecule has 0 rings (SSSR count). The number of hydrogen-bond donors (Lipinski definition) is 2. The number of carbonyl (C=O) groups excluding carboxylic acids is 2. The second-order valence-corrected chi connectivity index (χ2v) is 13.9. The van der Waals surface area contributed by atoms with Crippen LogP contribution in [0.15, 0.2) is 36.5 Å². The molecule has 2 N–H and O–H groups in total. The predicted octanol–water partition coefficient (Wildman–Crippen LogP) is 12.5. The molecule has 0 saturated carbocycles. The van der Waals surface area contributed by atoms with Gasteiger partial charge in [-0.2, -0.15) is 0 Å². The molecular formula is C42H78N2O2. The highest BCUT2D eigenvalue weighted by Crippen LogP contribution is 2.14. The van der Waals surface area contributed by atoms with Crippen LogP contribution in [0, 0.1) is 5.92 Å². The molecule has 0 saturated heterocycles. The summed E-state index contributed by atoms with van der Waals surface area (Å²) in [5.41, 5.74) is 0. The second-order valence-electron chi connectivity index (χ2n) is 13.9. The maximum absolute atomic E-state index is 12.5. The monoisotopic (exact) mass is 643 g/mol. The van der Waals surface area contributed by atoms with Gasteiger partial charge >= 0.3 is 0 Å². The smallest absolute Gasteiger partial charge is 0.220 e. The Bertz CT molecular complexity index is 755. The first-order chi connectivity index (χ1) is 22.5. The molecule has 0 heterocycles. The number of allylic oxidation sites excluding steroid dienone is 6. The Morgan fingerprint density at radius 2 is 0.935 bits per heavy atom. The zero-order chi connectivity index (χ0) is 33.8. The van der Waals surface area contributed by atoms with Crippen LogP contribution in [0.5, 0.6) is 0 Å². The summed E-state index contributed by atoms with van der Waals surface area (Å²) in [5.74, 6) is 0.806. The van der Waals surface area contributed by atoms with Gasteiger partial charge in [-0.1, -0.05) is 154 Å². The SMILES string of the molecule is CCCCC/C=C\C/C=C\C/C=C\CCCCC(=O)NCCCC[C@H](NC(=O)CCCCCCCCCCCCCCC)C(C)C. The Balaban J connectivity index is 3.70. The van der Waals surface area contributed by atoms with Gasteiger partial charge in [0, 0.05) is 25.4 Å². The molecule has 0 aromatic carbocycles. The van der Waals surface area contributed by atoms with Crippen LogP contribution in [-0.4, -0.2) is 24.4 Å². The maximum atomic E-state index is 12.5. The van der Waals surface area contributed by atoms with E-state index in [9.17, 15) is 9.59 Å². The fraction of sp³-hybridized carbons (Fsp3) is 0.810. The third-order valence-electron chi connectivity index (χ3n) is 8.97. The number of unbranched alkanes of at least 4 members (excludes halogenated alkanes) is 18. The Hall–Kier alpha value is -1.84. The number of nitrogens with one attached hydrogen (secondary N) is 2. The molecule has 0 unspecified atom stereocenters. The van der Waals surface area contributed by atoms with Crippen LogP contribution in [0.1, 0.15) is 201 Å². The summed E-state index contributed by atoms with van der Waals surface area (Å²) >= 11 is 0. The highest BCUT2D eigenvalue weighted by molar-refractivity contribution is 5.76. The summed E-state index contributed by atoms with van der Waals surface area (Å²) in [4.78, 5) is 24.7. The average molecular weight is 643 g/mol. The molecule has 0 aromatic heterocycles. The minimum atomic E-state index is 0.168. The van der Waals surface area contributed by atoms with Gasteiger partial charge in [0.05, 0.1) is 0 Å². The van der Waals surface area contributed by atoms with Gasteiger partial charge in [-0.05, 0) is 76.5 Å². The van der Waals surface area contributed by atoms with E-state index >= 15 is 0 Å². The third kappa shape index (κ3) is 33.5. The first kappa shape index (κ1) is 44.2. The van der Waals surface area contributed by atoms with E-state index in [-0.39, 0.29) is 17.9 Å². The highest BCUT2D eigenvalue weighted by atomic mass is 16.2. The van der Waals surface area contributed by atoms with Gasteiger partial charge in [-0.25, -0.2) is 0 Å². The lowest BCUT2D eigenvalue weighted by atomic mass is 9.98. The van der Waals surface area contributed by atoms with Crippen molar-refractivity contribution in [2.45, 2.75) is 207 Å². The van der Waals surface area contributed by atoms with Crippen molar-refractivity contribution in [1.29, 1.82) is 0 Å². The van der Waals surface area contributed by atoms with Gasteiger partial charge in [0.25, 0.3) is 0 Å². The molecule has 2 amide bonds. The Kier molecular flexibility index (Phi) is 34.6. The molecule has 0 radical (unpaired) electrons. The van der Waals surface area contributed by atoms with E-state index in [0.717, 1.165) is 64.3 Å². The van der Waals surface area contributed by atoms with Crippen molar-refractivity contribution in [3.8, 4) is 0 Å². The average Bonchev–Trinajstić information content (AvgIpc) is 3.04. The van der Waals surface area contributed by atoms with Crippen molar-refractivity contribution in [1.82, 2.24) is 10.6 Å². The van der Waals surface area contributed by atoms with Crippen molar-refractivity contribution in [2.75, 3.05) is 6.54 Å². The van der Waals surface area contributed by atoms with Crippen LogP contribution >= 0.6 is 0 Å². The molecule has 0 aliphatic heterocycles. The van der Waals surface area contributed by atoms with Gasteiger partial charge in [0.15, 0.2) is 0 Å². The standard InChI is InChI=1S/C42H78N2O2/c1-5-7-9-11-13-15-17-19-20-22-23-25-27-29-31-36-41(45)43-38-34-33-35-40(39(3)4)44-42(46)37-32-30-28-26-24-21-18-16-14-12-10-8-6-2/h13,15,19-20,23,25,39-40H,5-12,14,16-18,21-22,24,26-38H2,1-4H3,(H,43,45)(H,44,46)/b15-13-,20-19-,25-23-/t40-/m0/s1. The summed E-state index contributed by atoms with van der Waals surface area (Å²) < 4.78 is 0. The van der Waals surface area contributed by atoms with Crippen molar-refractivity contribution in [3.63, 3.8) is 0 Å². The van der Waals surface area contributed by atoms with Crippen molar-refractivity contribution >= 4 is 11.8 Å². The van der Waals surface area contributed by atoms with Gasteiger partial charge < -0.3 is 10.6 Å². The maximum Gasteiger partial charge on any atom is 0.220 e. The van der Waals surface area contributed by atoms with Gasteiger partial charge in [0.1, 0.15) is 0 Å². The molecule has 1 atom stereocenters. The Labute approximate surface area is 287 Å². The van der Waals surface area contributed by atoms with Crippen LogP contribution in [-0.2, 0) is 9.59 Å². The molecular weight excluding hydrogens is 564 g/mol. The molecule has 0 aromatic rings. The fourth-order valence-electron chi connectivity index (χ4n) is 5.80. The van der Waals surface area contributed by atoms with E-state index < -0.39 is 0 Å². The minimum Gasteiger partial charge on any atom is -0.356 e. The molecule has 0 aliphatic carbocycles. The van der Waals surface area contributed by atoms with Gasteiger partial charge in [-0.3, -0.25) is 9.59 Å². The lowest BCUT2D eigenvalue weighted by Crippen LogP contribution is -2.38. The summed E-state index contributed by atoms with van der Waals surface area (Å²) in [6.45, 7) is 9.64. The fourth-order valence-corrected chi connectivity index (χ4v) is 5.80. The third-order valence-corrected chi connectivity index (χ3v) is 8.97. The van der Waals surface area contributed by atoms with Crippen LogP contribution in [0.25, 0.3) is 0 Å². The topological polar surface area (TPSA) is 58.2 Å². The lowest BCUT2D eigenvalue weighted by Gasteiger charge is -2.22. The lowest BCUT2D eigenvalue weighted by molar-refractivity contribution is -0.122. The minimum absolute atomic E-state index is 0.168. The van der Waals surface area contributed by atoms with Crippen molar-refractivity contribution < 1.29 is 9.59 Å². The Morgan fingerprint density at radius 3 is 1.48 bits per heavy atom. The summed E-state index contributed by atoms with van der Waals surface area (Å²) in [7, 11) is 0. The van der Waals surface area contributed by atoms with E-state index in [1.54, 1.807) is 0 Å². The molecule has 268 valence electrons. The number of amides is 2. The van der Waals surface area contributed by atoms with Gasteiger partial charge in [-0.15, -0.1) is 0 Å². The second kappa shape index (κ2) is 36.0. The molecule has 0 fully saturated rings. The Morgan fingerprint density at radius 1 is 0.500 bits per heavy atom. The van der Waals surface area contributed by atoms with E-state index in [1.165, 1.54) is 103 Å². The van der Waals surface area contributed by atoms with Crippen LogP contribution < -0.4 is 10.6 Å². The largest absolute Gasteiger partial charge is 0.356 e. The number of carbonyl (C=O) groups is 2.